The normalized spacial score (nSPS) is 34.4. The van der Waals surface area contributed by atoms with Crippen LogP contribution in [-0.2, 0) is 13.9 Å². The third kappa shape index (κ3) is 5.09. The second-order valence-corrected chi connectivity index (χ2v) is 14.7. The minimum Gasteiger partial charge on any atom is -0.393 e. The lowest BCUT2D eigenvalue weighted by Crippen LogP contribution is -2.45. The Labute approximate surface area is 210 Å². The van der Waals surface area contributed by atoms with E-state index in [9.17, 15) is 29.3 Å². The number of aliphatic hydroxyl groups is 3. The van der Waals surface area contributed by atoms with E-state index in [4.69, 9.17) is 26.1 Å². The lowest BCUT2D eigenvalue weighted by molar-refractivity contribution is -0.0354. The van der Waals surface area contributed by atoms with Crippen LogP contribution in [0.3, 0.4) is 0 Å². The minimum absolute atomic E-state index is 0.0481. The number of piperidine rings is 1. The lowest BCUT2D eigenvalue weighted by Gasteiger charge is -2.38. The molecule has 2 bridgehead atoms. The van der Waals surface area contributed by atoms with E-state index in [-0.39, 0.29) is 35.5 Å². The van der Waals surface area contributed by atoms with Crippen molar-refractivity contribution in [1.29, 1.82) is 0 Å². The van der Waals surface area contributed by atoms with Crippen molar-refractivity contribution in [2.45, 2.75) is 74.8 Å². The summed E-state index contributed by atoms with van der Waals surface area (Å²) in [7, 11) is -8.89. The maximum Gasteiger partial charge on any atom is 0.335 e. The van der Waals surface area contributed by atoms with Crippen molar-refractivity contribution in [3.8, 4) is 0 Å². The van der Waals surface area contributed by atoms with Gasteiger partial charge in [0.1, 0.15) is 18.1 Å². The van der Waals surface area contributed by atoms with Gasteiger partial charge < -0.3 is 39.6 Å². The highest BCUT2D eigenvalue weighted by Crippen LogP contribution is 2.55. The number of rotatable bonds is 7. The summed E-state index contributed by atoms with van der Waals surface area (Å²) in [5.41, 5.74) is 0.685. The molecule has 3 fully saturated rings. The highest BCUT2D eigenvalue weighted by Gasteiger charge is 2.46. The summed E-state index contributed by atoms with van der Waals surface area (Å²) in [4.78, 5) is 43.1. The number of halogens is 1. The van der Waals surface area contributed by atoms with Gasteiger partial charge in [-0.25, -0.2) is 4.98 Å². The molecule has 0 radical (unpaired) electrons. The smallest absolute Gasteiger partial charge is 0.335 e. The molecule has 2 aromatic rings. The van der Waals surface area contributed by atoms with Crippen LogP contribution in [0.4, 0.5) is 5.82 Å². The Balaban J connectivity index is 1.39. The predicted molar refractivity (Wildman–Crippen MR) is 127 cm³/mol. The van der Waals surface area contributed by atoms with Crippen LogP contribution in [0.15, 0.2) is 6.33 Å². The molecular weight excluding hydrogens is 540 g/mol. The third-order valence-corrected chi connectivity index (χ3v) is 11.5. The van der Waals surface area contributed by atoms with Gasteiger partial charge in [-0.2, -0.15) is 9.97 Å². The molecule has 0 aromatic carbocycles. The van der Waals surface area contributed by atoms with E-state index in [1.54, 1.807) is 0 Å². The minimum atomic E-state index is -4.71. The van der Waals surface area contributed by atoms with Crippen LogP contribution < -0.4 is 4.90 Å². The molecule has 14 nitrogen and oxygen atoms in total. The molecule has 3 saturated heterocycles. The standard InChI is InChI=1S/C19H28ClN5O9P2/c20-19-22-16-13(17(23-19)25-9-1-2-10(25)6-11(26)5-9)21-7-24(16)18-15(28)14(27)12(34-18)3-4-35(29,30)8-36(31,32)33/h7,9-12,14-15,18,26-28H,1-6,8H2,(H,29,30)(H2,31,32,33)/t9?,10?,11?,12-,14?,15?,18-/m1/s1. The van der Waals surface area contributed by atoms with Crippen LogP contribution in [0.5, 0.6) is 0 Å². The Morgan fingerprint density at radius 1 is 1.06 bits per heavy atom. The maximum absolute atomic E-state index is 12.2. The molecule has 0 saturated carbocycles. The largest absolute Gasteiger partial charge is 0.393 e. The highest BCUT2D eigenvalue weighted by molar-refractivity contribution is 7.72. The lowest BCUT2D eigenvalue weighted by atomic mass is 10.00. The summed E-state index contributed by atoms with van der Waals surface area (Å²) < 4.78 is 30.5. The Bertz CT molecular complexity index is 1230. The fourth-order valence-corrected chi connectivity index (χ4v) is 9.31. The number of hydrogen-bond donors (Lipinski definition) is 6. The molecule has 2 aromatic heterocycles. The van der Waals surface area contributed by atoms with Gasteiger partial charge in [-0.15, -0.1) is 0 Å². The maximum atomic E-state index is 12.2. The molecule has 7 atom stereocenters. The number of hydrogen-bond acceptors (Lipinski definition) is 10. The molecule has 17 heteroatoms. The van der Waals surface area contributed by atoms with Gasteiger partial charge in [0.15, 0.2) is 23.2 Å². The van der Waals surface area contributed by atoms with E-state index < -0.39 is 51.6 Å². The second kappa shape index (κ2) is 9.53. The Kier molecular flexibility index (Phi) is 7.00. The number of aromatic nitrogens is 4. The predicted octanol–water partition coefficient (Wildman–Crippen LogP) is 0.387. The van der Waals surface area contributed by atoms with E-state index in [2.05, 4.69) is 19.9 Å². The zero-order chi connectivity index (χ0) is 26.0. The number of fused-ring (bicyclic) bond motifs is 3. The summed E-state index contributed by atoms with van der Waals surface area (Å²) in [6.07, 6.45) is -1.78. The first kappa shape index (κ1) is 26.4. The fourth-order valence-electron chi connectivity index (χ4n) is 5.62. The topological polar surface area (TPSA) is 212 Å². The molecule has 0 spiro atoms. The summed E-state index contributed by atoms with van der Waals surface area (Å²) in [5, 5.41) is 31.3. The van der Waals surface area contributed by atoms with Gasteiger partial charge in [0.2, 0.25) is 12.7 Å². The Morgan fingerprint density at radius 3 is 2.36 bits per heavy atom. The van der Waals surface area contributed by atoms with Crippen molar-refractivity contribution in [1.82, 2.24) is 19.5 Å². The third-order valence-electron chi connectivity index (χ3n) is 7.11. The Hall–Kier alpha value is -1.18. The Morgan fingerprint density at radius 2 is 1.72 bits per heavy atom. The molecule has 200 valence electrons. The molecule has 36 heavy (non-hydrogen) atoms. The molecule has 5 unspecified atom stereocenters. The zero-order valence-corrected chi connectivity index (χ0v) is 21.5. The van der Waals surface area contributed by atoms with Crippen molar-refractivity contribution >= 4 is 43.5 Å². The van der Waals surface area contributed by atoms with Gasteiger partial charge in [-0.3, -0.25) is 13.7 Å². The average Bonchev–Trinajstić information content (AvgIpc) is 3.38. The van der Waals surface area contributed by atoms with Gasteiger partial charge in [0.25, 0.3) is 0 Å². The second-order valence-electron chi connectivity index (χ2n) is 9.77. The van der Waals surface area contributed by atoms with Crippen molar-refractivity contribution in [3.63, 3.8) is 0 Å². The SMILES string of the molecule is O=P(O)(O)CP(=O)(O)CC[C@H]1O[C@@H](n2cnc3c(N4C5CCC4CC(O)C5)nc(Cl)nc32)C(O)C1O. The van der Waals surface area contributed by atoms with Crippen LogP contribution in [0.2, 0.25) is 5.28 Å². The van der Waals surface area contributed by atoms with E-state index in [0.29, 0.717) is 24.2 Å². The van der Waals surface area contributed by atoms with Crippen LogP contribution >= 0.6 is 26.6 Å². The molecule has 0 aliphatic carbocycles. The number of ether oxygens (including phenoxy) is 1. The first-order chi connectivity index (χ1) is 16.8. The van der Waals surface area contributed by atoms with Crippen molar-refractivity contribution in [2.75, 3.05) is 17.0 Å². The van der Waals surface area contributed by atoms with E-state index in [0.717, 1.165) is 12.8 Å². The monoisotopic (exact) mass is 567 g/mol. The quantitative estimate of drug-likeness (QED) is 0.198. The van der Waals surface area contributed by atoms with E-state index in [1.807, 2.05) is 0 Å². The number of anilines is 1. The molecule has 3 aliphatic rings. The van der Waals surface area contributed by atoms with Gasteiger partial charge in [0, 0.05) is 18.2 Å². The molecule has 5 rings (SSSR count). The molecular formula is C19H28ClN5O9P2. The molecule has 0 amide bonds. The average molecular weight is 568 g/mol. The van der Waals surface area contributed by atoms with Gasteiger partial charge in [-0.1, -0.05) is 0 Å². The van der Waals surface area contributed by atoms with Crippen LogP contribution in [0.1, 0.15) is 38.3 Å². The summed E-state index contributed by atoms with van der Waals surface area (Å²) in [6.45, 7) is 0. The first-order valence-corrected chi connectivity index (χ1v) is 15.8. The number of imidazole rings is 1. The van der Waals surface area contributed by atoms with Crippen LogP contribution in [0.25, 0.3) is 11.2 Å². The zero-order valence-electron chi connectivity index (χ0n) is 19.0. The number of aliphatic hydroxyl groups excluding tert-OH is 3. The van der Waals surface area contributed by atoms with Crippen LogP contribution in [-0.4, -0.2) is 98.1 Å². The van der Waals surface area contributed by atoms with Crippen molar-refractivity contribution in [3.05, 3.63) is 11.6 Å². The van der Waals surface area contributed by atoms with Crippen LogP contribution in [0, 0.1) is 0 Å². The van der Waals surface area contributed by atoms with Crippen molar-refractivity contribution < 1.29 is 43.9 Å². The fraction of sp³-hybridized carbons (Fsp3) is 0.737. The van der Waals surface area contributed by atoms with Gasteiger partial charge >= 0.3 is 7.60 Å². The van der Waals surface area contributed by atoms with E-state index in [1.165, 1.54) is 10.9 Å². The molecule has 5 heterocycles. The van der Waals surface area contributed by atoms with Gasteiger partial charge in [-0.05, 0) is 43.7 Å². The van der Waals surface area contributed by atoms with Crippen molar-refractivity contribution in [2.24, 2.45) is 0 Å². The summed E-state index contributed by atoms with van der Waals surface area (Å²) in [5.74, 6) is -0.652. The molecule has 3 aliphatic heterocycles. The first-order valence-electron chi connectivity index (χ1n) is 11.6. The summed E-state index contributed by atoms with van der Waals surface area (Å²) >= 11 is 6.25. The highest BCUT2D eigenvalue weighted by atomic mass is 35.5. The molecule has 6 N–H and O–H groups in total. The number of nitrogens with zero attached hydrogens (tertiary/aromatic N) is 5. The van der Waals surface area contributed by atoms with Gasteiger partial charge in [0.05, 0.1) is 18.5 Å². The van der Waals surface area contributed by atoms with E-state index >= 15 is 0 Å². The summed E-state index contributed by atoms with van der Waals surface area (Å²) in [6, 6.07) is 0.167.